The average Bonchev–Trinajstić information content (AvgIpc) is 2.73. The van der Waals surface area contributed by atoms with Crippen molar-refractivity contribution in [1.29, 1.82) is 0 Å². The van der Waals surface area contributed by atoms with Crippen LogP contribution in [0.25, 0.3) is 0 Å². The fraction of sp³-hybridized carbons (Fsp3) is 0.125. The van der Waals surface area contributed by atoms with E-state index in [4.69, 9.17) is 32.7 Å². The highest BCUT2D eigenvalue weighted by Gasteiger charge is 2.29. The van der Waals surface area contributed by atoms with E-state index in [1.165, 1.54) is 0 Å². The Bertz CT molecular complexity index is 1150. The molecule has 0 aliphatic rings. The van der Waals surface area contributed by atoms with E-state index < -0.39 is 88.8 Å². The van der Waals surface area contributed by atoms with Gasteiger partial charge in [-0.3, -0.25) is 50.0 Å². The molecule has 0 amide bonds. The highest BCUT2D eigenvalue weighted by atomic mass is 35.5. The van der Waals surface area contributed by atoms with Gasteiger partial charge in [-0.1, -0.05) is 23.2 Å². The number of non-ortho nitro benzene ring substituents is 2. The van der Waals surface area contributed by atoms with E-state index in [2.05, 4.69) is 0 Å². The number of halogens is 2. The number of hydrogen-bond acceptors (Lipinski definition) is 12. The van der Waals surface area contributed by atoms with Crippen LogP contribution in [-0.4, -0.2) is 31.6 Å². The molecule has 0 saturated carbocycles. The first kappa shape index (κ1) is 25.8. The van der Waals surface area contributed by atoms with E-state index in [1.807, 2.05) is 0 Å². The molecule has 2 aromatic carbocycles. The summed E-state index contributed by atoms with van der Waals surface area (Å²) in [6.07, 6.45) is -1.52. The SMILES string of the molecule is O=C(CCC(=O)Oc1c(Cl)cc([N+](=O)[O-])cc1[N+](=O)[O-])Oc1c(Cl)cc([N+](=O)[O-])cc1[N+](=O)[O-]. The lowest BCUT2D eigenvalue weighted by Gasteiger charge is -2.08. The summed E-state index contributed by atoms with van der Waals surface area (Å²) in [6.45, 7) is 0. The second-order valence-electron chi connectivity index (χ2n) is 6.03. The molecule has 0 aliphatic carbocycles. The van der Waals surface area contributed by atoms with Crippen molar-refractivity contribution >= 4 is 57.9 Å². The topological polar surface area (TPSA) is 225 Å². The molecule has 0 saturated heterocycles. The largest absolute Gasteiger partial charge is 0.417 e. The van der Waals surface area contributed by atoms with Gasteiger partial charge < -0.3 is 9.47 Å². The fourth-order valence-corrected chi connectivity index (χ4v) is 2.84. The Morgan fingerprint density at radius 2 is 0.971 bits per heavy atom. The fourth-order valence-electron chi connectivity index (χ4n) is 2.35. The van der Waals surface area contributed by atoms with Crippen molar-refractivity contribution in [1.82, 2.24) is 0 Å². The summed E-state index contributed by atoms with van der Waals surface area (Å²) in [5.74, 6) is -4.07. The second-order valence-corrected chi connectivity index (χ2v) is 6.84. The van der Waals surface area contributed by atoms with Crippen molar-refractivity contribution in [2.75, 3.05) is 0 Å². The van der Waals surface area contributed by atoms with Crippen molar-refractivity contribution < 1.29 is 38.8 Å². The Kier molecular flexibility index (Phi) is 7.94. The zero-order valence-corrected chi connectivity index (χ0v) is 17.7. The van der Waals surface area contributed by atoms with Gasteiger partial charge in [0.25, 0.3) is 11.4 Å². The molecule has 0 bridgehead atoms. The lowest BCUT2D eigenvalue weighted by atomic mass is 10.2. The van der Waals surface area contributed by atoms with Gasteiger partial charge >= 0.3 is 23.3 Å². The number of benzene rings is 2. The van der Waals surface area contributed by atoms with Crippen LogP contribution in [0, 0.1) is 40.5 Å². The van der Waals surface area contributed by atoms with Crippen molar-refractivity contribution in [3.8, 4) is 11.5 Å². The quantitative estimate of drug-likeness (QED) is 0.199. The number of hydrogen-bond donors (Lipinski definition) is 0. The number of nitrogens with zero attached hydrogens (tertiary/aromatic N) is 4. The summed E-state index contributed by atoms with van der Waals surface area (Å²) in [5.41, 5.74) is -3.44. The first-order valence-corrected chi connectivity index (χ1v) is 9.23. The number of rotatable bonds is 9. The second kappa shape index (κ2) is 10.5. The van der Waals surface area contributed by atoms with Crippen LogP contribution in [-0.2, 0) is 9.59 Å². The van der Waals surface area contributed by atoms with E-state index >= 15 is 0 Å². The molecule has 18 heteroatoms. The molecule has 0 N–H and O–H groups in total. The Hall–Kier alpha value is -4.44. The maximum atomic E-state index is 12.0. The molecule has 0 unspecified atom stereocenters. The highest BCUT2D eigenvalue weighted by Crippen LogP contribution is 2.40. The van der Waals surface area contributed by atoms with Crippen LogP contribution in [0.5, 0.6) is 11.5 Å². The van der Waals surface area contributed by atoms with E-state index in [-0.39, 0.29) is 0 Å². The molecule has 0 radical (unpaired) electrons. The Morgan fingerprint density at radius 1 is 0.647 bits per heavy atom. The van der Waals surface area contributed by atoms with E-state index in [0.29, 0.717) is 24.3 Å². The molecule has 34 heavy (non-hydrogen) atoms. The van der Waals surface area contributed by atoms with Crippen LogP contribution in [0.4, 0.5) is 22.7 Å². The lowest BCUT2D eigenvalue weighted by molar-refractivity contribution is -0.394. The molecule has 2 rings (SSSR count). The third-order valence-electron chi connectivity index (χ3n) is 3.80. The Balaban J connectivity index is 2.15. The van der Waals surface area contributed by atoms with Gasteiger partial charge in [-0.05, 0) is 0 Å². The van der Waals surface area contributed by atoms with Gasteiger partial charge in [0.15, 0.2) is 0 Å². The van der Waals surface area contributed by atoms with Gasteiger partial charge in [0.2, 0.25) is 11.5 Å². The molecule has 0 spiro atoms. The summed E-state index contributed by atoms with van der Waals surface area (Å²) in [5, 5.41) is 42.6. The van der Waals surface area contributed by atoms with Crippen molar-refractivity contribution in [3.63, 3.8) is 0 Å². The third kappa shape index (κ3) is 6.08. The van der Waals surface area contributed by atoms with Crippen LogP contribution < -0.4 is 9.47 Å². The molecule has 2 aromatic rings. The molecule has 178 valence electrons. The van der Waals surface area contributed by atoms with Gasteiger partial charge in [0.1, 0.15) is 0 Å². The first-order valence-electron chi connectivity index (χ1n) is 8.47. The normalized spacial score (nSPS) is 10.3. The van der Waals surface area contributed by atoms with Crippen molar-refractivity contribution in [2.24, 2.45) is 0 Å². The van der Waals surface area contributed by atoms with Gasteiger partial charge in [0, 0.05) is 12.1 Å². The van der Waals surface area contributed by atoms with Crippen LogP contribution in [0.3, 0.4) is 0 Å². The monoisotopic (exact) mass is 518 g/mol. The van der Waals surface area contributed by atoms with Crippen LogP contribution in [0.1, 0.15) is 12.8 Å². The van der Waals surface area contributed by atoms with Gasteiger partial charge in [-0.15, -0.1) is 0 Å². The summed E-state index contributed by atoms with van der Waals surface area (Å²) < 4.78 is 9.50. The first-order chi connectivity index (χ1) is 15.8. The van der Waals surface area contributed by atoms with Gasteiger partial charge in [0.05, 0.1) is 54.7 Å². The predicted octanol–water partition coefficient (Wildman–Crippen LogP) is 3.92. The Labute approximate surface area is 196 Å². The molecule has 0 aliphatic heterocycles. The third-order valence-corrected chi connectivity index (χ3v) is 4.36. The highest BCUT2D eigenvalue weighted by molar-refractivity contribution is 6.33. The number of carbonyl (C=O) groups excluding carboxylic acids is 2. The number of nitro groups is 4. The maximum absolute atomic E-state index is 12.0. The molecule has 0 atom stereocenters. The smallest absolute Gasteiger partial charge is 0.320 e. The lowest BCUT2D eigenvalue weighted by Crippen LogP contribution is -2.15. The molecule has 0 heterocycles. The minimum absolute atomic E-state index is 0.512. The zero-order valence-electron chi connectivity index (χ0n) is 16.2. The van der Waals surface area contributed by atoms with Crippen LogP contribution >= 0.6 is 23.2 Å². The molecule has 0 aromatic heterocycles. The zero-order chi connectivity index (χ0) is 25.7. The van der Waals surface area contributed by atoms with Crippen LogP contribution in [0.2, 0.25) is 10.0 Å². The van der Waals surface area contributed by atoms with Crippen LogP contribution in [0.15, 0.2) is 24.3 Å². The standard InChI is InChI=1S/C16H8Cl2N4O12/c17-9-3-7(19(25)26)5-11(21(29)30)15(9)33-13(23)1-2-14(24)34-16-10(18)4-8(20(27)28)6-12(16)22(31)32/h3-6H,1-2H2. The molecular formula is C16H8Cl2N4O12. The number of ether oxygens (including phenoxy) is 2. The minimum atomic E-state index is -1.24. The molecular weight excluding hydrogens is 511 g/mol. The van der Waals surface area contributed by atoms with Crippen molar-refractivity contribution in [3.05, 3.63) is 74.8 Å². The maximum Gasteiger partial charge on any atom is 0.320 e. The van der Waals surface area contributed by atoms with Gasteiger partial charge in [-0.2, -0.15) is 0 Å². The van der Waals surface area contributed by atoms with Crippen molar-refractivity contribution in [2.45, 2.75) is 12.8 Å². The average molecular weight is 519 g/mol. The molecule has 16 nitrogen and oxygen atoms in total. The number of esters is 2. The van der Waals surface area contributed by atoms with E-state index in [0.717, 1.165) is 0 Å². The molecule has 0 fully saturated rings. The Morgan fingerprint density at radius 3 is 1.24 bits per heavy atom. The summed E-state index contributed by atoms with van der Waals surface area (Å²) in [4.78, 5) is 63.9. The summed E-state index contributed by atoms with van der Waals surface area (Å²) in [7, 11) is 0. The predicted molar refractivity (Wildman–Crippen MR) is 110 cm³/mol. The van der Waals surface area contributed by atoms with E-state index in [1.54, 1.807) is 0 Å². The minimum Gasteiger partial charge on any atom is -0.417 e. The number of carbonyl (C=O) groups is 2. The summed E-state index contributed by atoms with van der Waals surface area (Å²) in [6, 6.07) is 2.44. The summed E-state index contributed by atoms with van der Waals surface area (Å²) >= 11 is 11.5. The van der Waals surface area contributed by atoms with E-state index in [9.17, 15) is 50.0 Å². The van der Waals surface area contributed by atoms with Gasteiger partial charge in [-0.25, -0.2) is 0 Å². The number of nitro benzene ring substituents is 4.